The minimum absolute atomic E-state index is 0.0146. The average molecular weight is 364 g/mol. The third-order valence-corrected chi connectivity index (χ3v) is 5.05. The van der Waals surface area contributed by atoms with E-state index in [9.17, 15) is 0 Å². The highest BCUT2D eigenvalue weighted by Crippen LogP contribution is 2.46. The smallest absolute Gasteiger partial charge is 0.162 e. The van der Waals surface area contributed by atoms with Gasteiger partial charge in [-0.1, -0.05) is 36.7 Å². The molecule has 0 amide bonds. The standard InChI is InChI=1S/C16H24BrClO2/c1-6-16(4,5)15(18)11-9-13(19-7-2)14(20-8-3)10-12(11)17/h9-10,15H,6-8H2,1-5H3. The number of ether oxygens (including phenoxy) is 2. The van der Waals surface area contributed by atoms with Crippen molar-refractivity contribution in [2.45, 2.75) is 46.4 Å². The number of rotatable bonds is 7. The second kappa shape index (κ2) is 7.56. The van der Waals surface area contributed by atoms with E-state index in [2.05, 4.69) is 36.7 Å². The van der Waals surface area contributed by atoms with Crippen LogP contribution in [0.2, 0.25) is 0 Å². The first kappa shape index (κ1) is 17.6. The summed E-state index contributed by atoms with van der Waals surface area (Å²) in [5.74, 6) is 1.51. The summed E-state index contributed by atoms with van der Waals surface area (Å²) in [5.41, 5.74) is 1.06. The number of alkyl halides is 1. The van der Waals surface area contributed by atoms with Crippen LogP contribution in [0, 0.1) is 5.41 Å². The maximum atomic E-state index is 6.68. The molecular formula is C16H24BrClO2. The third-order valence-electron chi connectivity index (χ3n) is 3.53. The lowest BCUT2D eigenvalue weighted by Gasteiger charge is -2.30. The van der Waals surface area contributed by atoms with Crippen molar-refractivity contribution < 1.29 is 9.47 Å². The second-order valence-electron chi connectivity index (χ2n) is 5.39. The van der Waals surface area contributed by atoms with E-state index in [1.165, 1.54) is 0 Å². The third kappa shape index (κ3) is 4.05. The molecular weight excluding hydrogens is 340 g/mol. The highest BCUT2D eigenvalue weighted by atomic mass is 79.9. The molecule has 4 heteroatoms. The average Bonchev–Trinajstić information content (AvgIpc) is 2.41. The van der Waals surface area contributed by atoms with E-state index in [0.29, 0.717) is 13.2 Å². The van der Waals surface area contributed by atoms with Gasteiger partial charge in [-0.15, -0.1) is 11.6 Å². The van der Waals surface area contributed by atoms with Gasteiger partial charge in [0.1, 0.15) is 0 Å². The molecule has 0 aliphatic heterocycles. The van der Waals surface area contributed by atoms with Gasteiger partial charge in [0.25, 0.3) is 0 Å². The van der Waals surface area contributed by atoms with Gasteiger partial charge in [-0.2, -0.15) is 0 Å². The van der Waals surface area contributed by atoms with Crippen molar-refractivity contribution in [1.82, 2.24) is 0 Å². The molecule has 2 nitrogen and oxygen atoms in total. The predicted molar refractivity (Wildman–Crippen MR) is 89.1 cm³/mol. The Balaban J connectivity index is 3.24. The monoisotopic (exact) mass is 362 g/mol. The Hall–Kier alpha value is -0.410. The van der Waals surface area contributed by atoms with Crippen LogP contribution in [0.25, 0.3) is 0 Å². The molecule has 1 aromatic rings. The van der Waals surface area contributed by atoms with Crippen LogP contribution in [0.5, 0.6) is 11.5 Å². The molecule has 0 N–H and O–H groups in total. The SMILES string of the molecule is CCOc1cc(Br)c(C(Cl)C(C)(C)CC)cc1OCC. The van der Waals surface area contributed by atoms with E-state index >= 15 is 0 Å². The minimum Gasteiger partial charge on any atom is -0.490 e. The van der Waals surface area contributed by atoms with Gasteiger partial charge < -0.3 is 9.47 Å². The summed E-state index contributed by atoms with van der Waals surface area (Å²) in [6.45, 7) is 11.6. The molecule has 0 bridgehead atoms. The fourth-order valence-electron chi connectivity index (χ4n) is 1.88. The summed E-state index contributed by atoms with van der Waals surface area (Å²) in [6, 6.07) is 3.94. The van der Waals surface area contributed by atoms with Crippen molar-refractivity contribution >= 4 is 27.5 Å². The van der Waals surface area contributed by atoms with Gasteiger partial charge >= 0.3 is 0 Å². The van der Waals surface area contributed by atoms with Crippen molar-refractivity contribution in [3.05, 3.63) is 22.2 Å². The first-order valence-electron chi connectivity index (χ1n) is 7.10. The molecule has 0 saturated heterocycles. The molecule has 0 aliphatic rings. The molecule has 1 atom stereocenters. The van der Waals surface area contributed by atoms with E-state index in [1.54, 1.807) is 0 Å². The Bertz CT molecular complexity index is 446. The van der Waals surface area contributed by atoms with E-state index < -0.39 is 0 Å². The van der Waals surface area contributed by atoms with Crippen LogP contribution in [-0.4, -0.2) is 13.2 Å². The van der Waals surface area contributed by atoms with Crippen LogP contribution < -0.4 is 9.47 Å². The number of hydrogen-bond donors (Lipinski definition) is 0. The zero-order valence-corrected chi connectivity index (χ0v) is 15.3. The summed E-state index contributed by atoms with van der Waals surface area (Å²) in [5, 5.41) is -0.0863. The summed E-state index contributed by atoms with van der Waals surface area (Å²) < 4.78 is 12.3. The topological polar surface area (TPSA) is 18.5 Å². The van der Waals surface area contributed by atoms with Crippen LogP contribution >= 0.6 is 27.5 Å². The Morgan fingerprint density at radius 1 is 1.10 bits per heavy atom. The molecule has 0 radical (unpaired) electrons. The molecule has 0 heterocycles. The molecule has 1 rings (SSSR count). The quantitative estimate of drug-likeness (QED) is 0.556. The highest BCUT2D eigenvalue weighted by Gasteiger charge is 2.29. The summed E-state index contributed by atoms with van der Waals surface area (Å²) in [7, 11) is 0. The van der Waals surface area contributed by atoms with Gasteiger partial charge in [0, 0.05) is 4.47 Å². The molecule has 0 fully saturated rings. The summed E-state index contributed by atoms with van der Waals surface area (Å²) >= 11 is 10.3. The Kier molecular flexibility index (Phi) is 6.67. The Labute approximate surface area is 135 Å². The normalized spacial score (nSPS) is 13.2. The van der Waals surface area contributed by atoms with Crippen molar-refractivity contribution in [1.29, 1.82) is 0 Å². The first-order chi connectivity index (χ1) is 9.37. The fourth-order valence-corrected chi connectivity index (χ4v) is 2.90. The Morgan fingerprint density at radius 2 is 1.60 bits per heavy atom. The Morgan fingerprint density at radius 3 is 2.05 bits per heavy atom. The van der Waals surface area contributed by atoms with Crippen LogP contribution in [-0.2, 0) is 0 Å². The first-order valence-corrected chi connectivity index (χ1v) is 8.33. The van der Waals surface area contributed by atoms with Crippen LogP contribution in [0.3, 0.4) is 0 Å². The molecule has 0 aliphatic carbocycles. The number of benzene rings is 1. The van der Waals surface area contributed by atoms with Gasteiger partial charge in [0.05, 0.1) is 18.6 Å². The van der Waals surface area contributed by atoms with Crippen molar-refractivity contribution in [2.24, 2.45) is 5.41 Å². The minimum atomic E-state index is -0.0863. The predicted octanol–water partition coefficient (Wildman–Crippen LogP) is 5.96. The highest BCUT2D eigenvalue weighted by molar-refractivity contribution is 9.10. The van der Waals surface area contributed by atoms with Crippen LogP contribution in [0.1, 0.15) is 52.0 Å². The van der Waals surface area contributed by atoms with Crippen LogP contribution in [0.4, 0.5) is 0 Å². The summed E-state index contributed by atoms with van der Waals surface area (Å²) in [6.07, 6.45) is 1.00. The molecule has 0 aromatic heterocycles. The maximum Gasteiger partial charge on any atom is 0.162 e. The summed E-state index contributed by atoms with van der Waals surface area (Å²) in [4.78, 5) is 0. The van der Waals surface area contributed by atoms with Gasteiger partial charge in [-0.3, -0.25) is 0 Å². The van der Waals surface area contributed by atoms with E-state index in [0.717, 1.165) is 28.0 Å². The van der Waals surface area contributed by atoms with Gasteiger partial charge in [0.2, 0.25) is 0 Å². The van der Waals surface area contributed by atoms with Crippen molar-refractivity contribution in [3.8, 4) is 11.5 Å². The van der Waals surface area contributed by atoms with Gasteiger partial charge in [-0.05, 0) is 43.4 Å². The lowest BCUT2D eigenvalue weighted by molar-refractivity contribution is 0.285. The molecule has 114 valence electrons. The molecule has 0 saturated carbocycles. The largest absolute Gasteiger partial charge is 0.490 e. The molecule has 20 heavy (non-hydrogen) atoms. The van der Waals surface area contributed by atoms with E-state index in [1.807, 2.05) is 26.0 Å². The maximum absolute atomic E-state index is 6.68. The van der Waals surface area contributed by atoms with E-state index in [4.69, 9.17) is 21.1 Å². The number of hydrogen-bond acceptors (Lipinski definition) is 2. The molecule has 1 aromatic carbocycles. The molecule has 1 unspecified atom stereocenters. The fraction of sp³-hybridized carbons (Fsp3) is 0.625. The van der Waals surface area contributed by atoms with Crippen molar-refractivity contribution in [2.75, 3.05) is 13.2 Å². The zero-order valence-electron chi connectivity index (χ0n) is 12.9. The zero-order chi connectivity index (χ0) is 15.3. The van der Waals surface area contributed by atoms with Crippen molar-refractivity contribution in [3.63, 3.8) is 0 Å². The number of halogens is 2. The second-order valence-corrected chi connectivity index (χ2v) is 6.68. The van der Waals surface area contributed by atoms with Crippen LogP contribution in [0.15, 0.2) is 16.6 Å². The van der Waals surface area contributed by atoms with E-state index in [-0.39, 0.29) is 10.8 Å². The lowest BCUT2D eigenvalue weighted by atomic mass is 9.83. The molecule has 0 spiro atoms. The lowest BCUT2D eigenvalue weighted by Crippen LogP contribution is -2.17. The van der Waals surface area contributed by atoms with Gasteiger partial charge in [0.15, 0.2) is 11.5 Å². The van der Waals surface area contributed by atoms with Gasteiger partial charge in [-0.25, -0.2) is 0 Å².